The predicted molar refractivity (Wildman–Crippen MR) is 76.7 cm³/mol. The van der Waals surface area contributed by atoms with Crippen LogP contribution in [0.1, 0.15) is 5.89 Å². The molecule has 0 N–H and O–H groups in total. The molecule has 3 heterocycles. The van der Waals surface area contributed by atoms with E-state index in [0.717, 1.165) is 17.4 Å². The summed E-state index contributed by atoms with van der Waals surface area (Å²) in [6.07, 6.45) is 1.87. The Morgan fingerprint density at radius 2 is 2.11 bits per heavy atom. The second kappa shape index (κ2) is 5.98. The maximum Gasteiger partial charge on any atom is 0.241 e. The molecule has 1 saturated heterocycles. The summed E-state index contributed by atoms with van der Waals surface area (Å²) in [6, 6.07) is 1.88. The monoisotopic (exact) mass is 297 g/mol. The van der Waals surface area contributed by atoms with Crippen molar-refractivity contribution in [3.63, 3.8) is 0 Å². The highest BCUT2D eigenvalue weighted by atomic mass is 32.2. The van der Waals surface area contributed by atoms with E-state index in [1.165, 1.54) is 11.5 Å². The Balaban J connectivity index is 1.67. The van der Waals surface area contributed by atoms with Crippen molar-refractivity contribution in [3.05, 3.63) is 18.2 Å². The molecule has 1 aliphatic heterocycles. The number of nitrogens with zero attached hydrogens (tertiary/aromatic N) is 5. The quantitative estimate of drug-likeness (QED) is 0.854. The Morgan fingerprint density at radius 1 is 1.32 bits per heavy atom. The topological polar surface area (TPSA) is 60.0 Å². The molecule has 0 aliphatic carbocycles. The summed E-state index contributed by atoms with van der Waals surface area (Å²) in [6.45, 7) is 0.708. The van der Waals surface area contributed by atoms with Gasteiger partial charge in [-0.3, -0.25) is 9.58 Å². The maximum absolute atomic E-state index is 5.30. The molecule has 0 atom stereocenters. The van der Waals surface area contributed by atoms with Crippen LogP contribution in [0.3, 0.4) is 0 Å². The smallest absolute Gasteiger partial charge is 0.241 e. The first-order chi connectivity index (χ1) is 9.31. The van der Waals surface area contributed by atoms with E-state index in [1.807, 2.05) is 42.8 Å². The molecule has 0 aromatic carbocycles. The van der Waals surface area contributed by atoms with Gasteiger partial charge in [-0.1, -0.05) is 5.16 Å². The highest BCUT2D eigenvalue weighted by Crippen LogP contribution is 2.19. The Bertz CT molecular complexity index is 533. The predicted octanol–water partition coefficient (Wildman–Crippen LogP) is 1.67. The van der Waals surface area contributed by atoms with E-state index in [-0.39, 0.29) is 0 Å². The molecular weight excluding hydrogens is 282 g/mol. The third kappa shape index (κ3) is 3.31. The van der Waals surface area contributed by atoms with Gasteiger partial charge in [-0.15, -0.1) is 23.5 Å². The lowest BCUT2D eigenvalue weighted by Gasteiger charge is -2.15. The van der Waals surface area contributed by atoms with Crippen LogP contribution in [0.15, 0.2) is 16.8 Å². The Morgan fingerprint density at radius 3 is 2.79 bits per heavy atom. The van der Waals surface area contributed by atoms with Gasteiger partial charge in [0.2, 0.25) is 11.7 Å². The molecule has 8 heteroatoms. The molecule has 6 nitrogen and oxygen atoms in total. The van der Waals surface area contributed by atoms with Gasteiger partial charge < -0.3 is 4.52 Å². The molecule has 0 bridgehead atoms. The van der Waals surface area contributed by atoms with Crippen LogP contribution in [0.2, 0.25) is 0 Å². The van der Waals surface area contributed by atoms with Crippen LogP contribution in [-0.2, 0) is 13.6 Å². The average molecular weight is 297 g/mol. The molecule has 0 spiro atoms. The van der Waals surface area contributed by atoms with E-state index in [2.05, 4.69) is 20.1 Å². The summed E-state index contributed by atoms with van der Waals surface area (Å²) in [5.74, 6) is 5.69. The molecule has 19 heavy (non-hydrogen) atoms. The van der Waals surface area contributed by atoms with Crippen molar-refractivity contribution in [2.24, 2.45) is 7.05 Å². The van der Waals surface area contributed by atoms with Crippen LogP contribution >= 0.6 is 23.5 Å². The van der Waals surface area contributed by atoms with Gasteiger partial charge in [0.25, 0.3) is 0 Å². The second-order valence-electron chi connectivity index (χ2n) is 4.29. The van der Waals surface area contributed by atoms with Crippen molar-refractivity contribution in [2.75, 3.05) is 23.3 Å². The van der Waals surface area contributed by atoms with Crippen LogP contribution in [0.25, 0.3) is 11.5 Å². The molecule has 0 amide bonds. The zero-order valence-corrected chi connectivity index (χ0v) is 12.3. The maximum atomic E-state index is 5.30. The van der Waals surface area contributed by atoms with Crippen LogP contribution in [-0.4, -0.2) is 48.1 Å². The average Bonchev–Trinajstić information content (AvgIpc) is 2.94. The molecule has 1 aliphatic rings. The van der Waals surface area contributed by atoms with Gasteiger partial charge in [0.05, 0.1) is 6.54 Å². The summed E-state index contributed by atoms with van der Waals surface area (Å²) in [5.41, 5.74) is 0.747. The fourth-order valence-electron chi connectivity index (χ4n) is 1.78. The number of hydrogen-bond donors (Lipinski definition) is 0. The van der Waals surface area contributed by atoms with Crippen LogP contribution in [0, 0.1) is 0 Å². The number of hydrogen-bond acceptors (Lipinski definition) is 7. The second-order valence-corrected chi connectivity index (χ2v) is 6.44. The standard InChI is InChI=1S/C11H15N5OS2/c1-15-3-2-9(13-15)11-12-10(17-14-11)6-16-7-18-4-5-19-8-16/h2-3H,4-8H2,1H3. The number of aryl methyl sites for hydroxylation is 1. The largest absolute Gasteiger partial charge is 0.337 e. The first-order valence-electron chi connectivity index (χ1n) is 6.02. The third-order valence-electron chi connectivity index (χ3n) is 2.69. The minimum absolute atomic E-state index is 0.561. The Kier molecular flexibility index (Phi) is 4.09. The highest BCUT2D eigenvalue weighted by molar-refractivity contribution is 8.03. The van der Waals surface area contributed by atoms with Crippen molar-refractivity contribution in [1.29, 1.82) is 0 Å². The van der Waals surface area contributed by atoms with Crippen LogP contribution in [0.5, 0.6) is 0 Å². The number of aromatic nitrogens is 4. The van der Waals surface area contributed by atoms with Crippen LogP contribution < -0.4 is 0 Å². The molecule has 3 rings (SSSR count). The van der Waals surface area contributed by atoms with Gasteiger partial charge >= 0.3 is 0 Å². The van der Waals surface area contributed by atoms with Gasteiger partial charge in [0.15, 0.2) is 0 Å². The van der Waals surface area contributed by atoms with E-state index < -0.39 is 0 Å². The number of thioether (sulfide) groups is 2. The fourth-order valence-corrected chi connectivity index (χ4v) is 3.98. The van der Waals surface area contributed by atoms with Gasteiger partial charge in [0.1, 0.15) is 5.69 Å². The minimum Gasteiger partial charge on any atom is -0.337 e. The van der Waals surface area contributed by atoms with Crippen molar-refractivity contribution in [3.8, 4) is 11.5 Å². The molecule has 0 saturated carbocycles. The van der Waals surface area contributed by atoms with E-state index in [4.69, 9.17) is 4.52 Å². The summed E-state index contributed by atoms with van der Waals surface area (Å²) >= 11 is 3.90. The lowest BCUT2D eigenvalue weighted by molar-refractivity contribution is 0.289. The zero-order valence-electron chi connectivity index (χ0n) is 10.7. The fraction of sp³-hybridized carbons (Fsp3) is 0.545. The summed E-state index contributed by atoms with van der Waals surface area (Å²) in [5, 5.41) is 8.25. The SMILES string of the molecule is Cn1ccc(-c2noc(CN3CSCCSC3)n2)n1. The first kappa shape index (κ1) is 13.0. The summed E-state index contributed by atoms with van der Waals surface area (Å²) in [4.78, 5) is 6.72. The van der Waals surface area contributed by atoms with Crippen LogP contribution in [0.4, 0.5) is 0 Å². The van der Waals surface area contributed by atoms with Crippen molar-refractivity contribution in [2.45, 2.75) is 6.54 Å². The van der Waals surface area contributed by atoms with E-state index >= 15 is 0 Å². The molecule has 1 fully saturated rings. The summed E-state index contributed by atoms with van der Waals surface area (Å²) in [7, 11) is 1.87. The van der Waals surface area contributed by atoms with Gasteiger partial charge in [-0.2, -0.15) is 10.1 Å². The van der Waals surface area contributed by atoms with Gasteiger partial charge in [0, 0.05) is 36.5 Å². The van der Waals surface area contributed by atoms with E-state index in [0.29, 0.717) is 18.3 Å². The third-order valence-corrected chi connectivity index (χ3v) is 5.03. The minimum atomic E-state index is 0.561. The first-order valence-corrected chi connectivity index (χ1v) is 8.32. The molecule has 0 radical (unpaired) electrons. The lowest BCUT2D eigenvalue weighted by Crippen LogP contribution is -2.21. The highest BCUT2D eigenvalue weighted by Gasteiger charge is 2.15. The summed E-state index contributed by atoms with van der Waals surface area (Å²) < 4.78 is 7.03. The zero-order chi connectivity index (χ0) is 13.1. The van der Waals surface area contributed by atoms with Gasteiger partial charge in [-0.25, -0.2) is 0 Å². The number of rotatable bonds is 3. The molecule has 102 valence electrons. The van der Waals surface area contributed by atoms with Crippen molar-refractivity contribution < 1.29 is 4.52 Å². The van der Waals surface area contributed by atoms with E-state index in [1.54, 1.807) is 4.68 Å². The molecule has 2 aromatic heterocycles. The normalized spacial score (nSPS) is 17.5. The Labute approximate surface area is 119 Å². The van der Waals surface area contributed by atoms with Crippen molar-refractivity contribution in [1.82, 2.24) is 24.8 Å². The lowest BCUT2D eigenvalue weighted by atomic mass is 10.4. The Hall–Kier alpha value is -0.990. The van der Waals surface area contributed by atoms with Crippen molar-refractivity contribution >= 4 is 23.5 Å². The molecule has 2 aromatic rings. The molecule has 0 unspecified atom stereocenters. The van der Waals surface area contributed by atoms with E-state index in [9.17, 15) is 0 Å². The molecular formula is C11H15N5OS2. The van der Waals surface area contributed by atoms with Gasteiger partial charge in [-0.05, 0) is 6.07 Å².